The van der Waals surface area contributed by atoms with E-state index in [0.717, 1.165) is 41.4 Å². The largest absolute Gasteiger partial charge is 0.309 e. The van der Waals surface area contributed by atoms with Crippen molar-refractivity contribution < 1.29 is 13.2 Å². The predicted molar refractivity (Wildman–Crippen MR) is 123 cm³/mol. The molecule has 1 heterocycles. The molecule has 6 nitrogen and oxygen atoms in total. The van der Waals surface area contributed by atoms with Crippen LogP contribution in [-0.4, -0.2) is 57.6 Å². The zero-order chi connectivity index (χ0) is 21.9. The number of amides is 1. The second-order valence-electron chi connectivity index (χ2n) is 7.53. The van der Waals surface area contributed by atoms with E-state index >= 15 is 0 Å². The Morgan fingerprint density at radius 2 is 1.83 bits per heavy atom. The molecule has 2 aromatic carbocycles. The van der Waals surface area contributed by atoms with Crippen molar-refractivity contribution in [2.75, 3.05) is 38.3 Å². The number of anilines is 1. The number of carbonyl (C=O) groups excluding carboxylic acids is 1. The van der Waals surface area contributed by atoms with Crippen LogP contribution in [0.1, 0.15) is 29.3 Å². The molecule has 0 unspecified atom stereocenters. The first-order valence-electron chi connectivity index (χ1n) is 9.86. The minimum absolute atomic E-state index is 0.138. The Morgan fingerprint density at radius 3 is 2.50 bits per heavy atom. The van der Waals surface area contributed by atoms with Crippen LogP contribution in [-0.2, 0) is 16.3 Å². The third-order valence-corrected chi connectivity index (χ3v) is 7.00. The highest BCUT2D eigenvalue weighted by atomic mass is 32.2. The molecule has 1 aromatic heterocycles. The minimum atomic E-state index is -3.40. The van der Waals surface area contributed by atoms with Gasteiger partial charge in [-0.05, 0) is 63.3 Å². The number of rotatable bonds is 8. The minimum Gasteiger partial charge on any atom is -0.309 e. The second kappa shape index (κ2) is 9.24. The Balaban J connectivity index is 2.01. The molecule has 0 saturated carbocycles. The van der Waals surface area contributed by atoms with Gasteiger partial charge in [-0.25, -0.2) is 13.4 Å². The van der Waals surface area contributed by atoms with Crippen molar-refractivity contribution in [1.82, 2.24) is 9.88 Å². The second-order valence-corrected chi connectivity index (χ2v) is 10.6. The number of aryl methyl sites for hydroxylation is 1. The molecule has 0 aliphatic rings. The SMILES string of the molecule is CCc1cccc2sc(N(CCCN(C)C)C(=O)c3cccc(S(C)(=O)=O)c3)nc12. The molecule has 0 atom stereocenters. The van der Waals surface area contributed by atoms with Gasteiger partial charge in [0.1, 0.15) is 0 Å². The molecule has 30 heavy (non-hydrogen) atoms. The Kier molecular flexibility index (Phi) is 6.90. The molecule has 0 saturated heterocycles. The molecule has 160 valence electrons. The van der Waals surface area contributed by atoms with E-state index < -0.39 is 9.84 Å². The van der Waals surface area contributed by atoms with E-state index in [1.807, 2.05) is 26.2 Å². The summed E-state index contributed by atoms with van der Waals surface area (Å²) >= 11 is 1.49. The number of hydrogen-bond acceptors (Lipinski definition) is 6. The van der Waals surface area contributed by atoms with Gasteiger partial charge < -0.3 is 4.90 Å². The van der Waals surface area contributed by atoms with Gasteiger partial charge in [0.15, 0.2) is 15.0 Å². The van der Waals surface area contributed by atoms with Gasteiger partial charge >= 0.3 is 0 Å². The van der Waals surface area contributed by atoms with Gasteiger partial charge in [-0.1, -0.05) is 36.5 Å². The van der Waals surface area contributed by atoms with Gasteiger partial charge in [-0.2, -0.15) is 0 Å². The van der Waals surface area contributed by atoms with E-state index in [4.69, 9.17) is 4.98 Å². The number of benzene rings is 2. The van der Waals surface area contributed by atoms with Gasteiger partial charge in [0.2, 0.25) is 0 Å². The Hall–Kier alpha value is -2.29. The standard InChI is InChI=1S/C22H27N3O3S2/c1-5-16-9-7-12-19-20(16)23-22(29-19)25(14-8-13-24(2)3)21(26)17-10-6-11-18(15-17)30(4,27)28/h6-7,9-12,15H,5,8,13-14H2,1-4H3. The smallest absolute Gasteiger partial charge is 0.260 e. The summed E-state index contributed by atoms with van der Waals surface area (Å²) < 4.78 is 24.9. The molecule has 3 rings (SSSR count). The third-order valence-electron chi connectivity index (χ3n) is 4.84. The predicted octanol–water partition coefficient (Wildman–Crippen LogP) is 3.86. The first kappa shape index (κ1) is 22.4. The zero-order valence-corrected chi connectivity index (χ0v) is 19.4. The van der Waals surface area contributed by atoms with E-state index in [2.05, 4.69) is 17.9 Å². The molecular weight excluding hydrogens is 418 g/mol. The van der Waals surface area contributed by atoms with Crippen LogP contribution < -0.4 is 4.90 Å². The molecule has 8 heteroatoms. The maximum atomic E-state index is 13.4. The fourth-order valence-corrected chi connectivity index (χ4v) is 4.94. The van der Waals surface area contributed by atoms with E-state index in [0.29, 0.717) is 17.2 Å². The fourth-order valence-electron chi connectivity index (χ4n) is 3.24. The number of fused-ring (bicyclic) bond motifs is 1. The summed E-state index contributed by atoms with van der Waals surface area (Å²) in [4.78, 5) is 22.1. The molecule has 0 N–H and O–H groups in total. The Morgan fingerprint density at radius 1 is 1.10 bits per heavy atom. The zero-order valence-electron chi connectivity index (χ0n) is 17.8. The Labute approximate surface area is 182 Å². The summed E-state index contributed by atoms with van der Waals surface area (Å²) in [5, 5.41) is 0.638. The van der Waals surface area contributed by atoms with Gasteiger partial charge in [0.25, 0.3) is 5.91 Å². The van der Waals surface area contributed by atoms with Crippen LogP contribution in [0.5, 0.6) is 0 Å². The van der Waals surface area contributed by atoms with Crippen LogP contribution in [0.4, 0.5) is 5.13 Å². The van der Waals surface area contributed by atoms with Crippen molar-refractivity contribution in [2.45, 2.75) is 24.7 Å². The molecule has 0 fully saturated rings. The number of thiazole rings is 1. The lowest BCUT2D eigenvalue weighted by Gasteiger charge is -2.21. The van der Waals surface area contributed by atoms with Crippen LogP contribution in [0.15, 0.2) is 47.4 Å². The van der Waals surface area contributed by atoms with Crippen molar-refractivity contribution in [3.8, 4) is 0 Å². The lowest BCUT2D eigenvalue weighted by molar-refractivity contribution is 0.0986. The molecule has 0 aliphatic carbocycles. The summed E-state index contributed by atoms with van der Waals surface area (Å²) in [6.45, 7) is 3.42. The Bertz CT molecular complexity index is 1150. The third kappa shape index (κ3) is 5.06. The maximum absolute atomic E-state index is 13.4. The molecule has 0 spiro atoms. The van der Waals surface area contributed by atoms with Crippen molar-refractivity contribution in [3.05, 3.63) is 53.6 Å². The van der Waals surface area contributed by atoms with Gasteiger partial charge in [0, 0.05) is 18.4 Å². The van der Waals surface area contributed by atoms with E-state index in [-0.39, 0.29) is 10.8 Å². The van der Waals surface area contributed by atoms with E-state index in [9.17, 15) is 13.2 Å². The van der Waals surface area contributed by atoms with Gasteiger partial charge in [-0.15, -0.1) is 0 Å². The van der Waals surface area contributed by atoms with Crippen molar-refractivity contribution in [1.29, 1.82) is 0 Å². The summed E-state index contributed by atoms with van der Waals surface area (Å²) in [5.74, 6) is -0.239. The molecule has 3 aromatic rings. The van der Waals surface area contributed by atoms with Crippen molar-refractivity contribution in [3.63, 3.8) is 0 Å². The van der Waals surface area contributed by atoms with Gasteiger partial charge in [-0.3, -0.25) is 9.69 Å². The van der Waals surface area contributed by atoms with Crippen LogP contribution in [0.3, 0.4) is 0 Å². The van der Waals surface area contributed by atoms with E-state index in [1.165, 1.54) is 23.5 Å². The van der Waals surface area contributed by atoms with Gasteiger partial charge in [0.05, 0.1) is 15.1 Å². The van der Waals surface area contributed by atoms with Crippen LogP contribution in [0.25, 0.3) is 10.2 Å². The maximum Gasteiger partial charge on any atom is 0.260 e. The molecule has 0 bridgehead atoms. The summed E-state index contributed by atoms with van der Waals surface area (Å²) in [5.41, 5.74) is 2.42. The first-order valence-corrected chi connectivity index (χ1v) is 12.6. The summed E-state index contributed by atoms with van der Waals surface area (Å²) in [6, 6.07) is 12.3. The van der Waals surface area contributed by atoms with Crippen LogP contribution in [0.2, 0.25) is 0 Å². The highest BCUT2D eigenvalue weighted by molar-refractivity contribution is 7.90. The average Bonchev–Trinajstić information content (AvgIpc) is 3.14. The summed E-state index contributed by atoms with van der Waals surface area (Å²) in [6.07, 6.45) is 2.79. The number of nitrogens with zero attached hydrogens (tertiary/aromatic N) is 3. The number of aromatic nitrogens is 1. The normalized spacial score (nSPS) is 11.9. The van der Waals surface area contributed by atoms with Crippen molar-refractivity contribution in [2.24, 2.45) is 0 Å². The number of sulfone groups is 1. The monoisotopic (exact) mass is 445 g/mol. The molecule has 0 radical (unpaired) electrons. The molecule has 0 aliphatic heterocycles. The number of carbonyl (C=O) groups is 1. The fraction of sp³-hybridized carbons (Fsp3) is 0.364. The lowest BCUT2D eigenvalue weighted by Crippen LogP contribution is -2.33. The lowest BCUT2D eigenvalue weighted by atomic mass is 10.1. The van der Waals surface area contributed by atoms with Crippen LogP contribution >= 0.6 is 11.3 Å². The van der Waals surface area contributed by atoms with E-state index in [1.54, 1.807) is 17.0 Å². The number of para-hydroxylation sites is 1. The van der Waals surface area contributed by atoms with Crippen molar-refractivity contribution >= 4 is 42.4 Å². The molecule has 1 amide bonds. The topological polar surface area (TPSA) is 70.6 Å². The first-order chi connectivity index (χ1) is 14.2. The highest BCUT2D eigenvalue weighted by Gasteiger charge is 2.23. The highest BCUT2D eigenvalue weighted by Crippen LogP contribution is 2.32. The van der Waals surface area contributed by atoms with Crippen LogP contribution in [0, 0.1) is 0 Å². The quantitative estimate of drug-likeness (QED) is 0.527. The number of hydrogen-bond donors (Lipinski definition) is 0. The average molecular weight is 446 g/mol. The molecular formula is C22H27N3O3S2. The summed E-state index contributed by atoms with van der Waals surface area (Å²) in [7, 11) is 0.589.